The summed E-state index contributed by atoms with van der Waals surface area (Å²) in [6.45, 7) is 1.88. The van der Waals surface area contributed by atoms with Gasteiger partial charge in [-0.25, -0.2) is 9.97 Å². The van der Waals surface area contributed by atoms with E-state index in [2.05, 4.69) is 20.5 Å². The van der Waals surface area contributed by atoms with Gasteiger partial charge < -0.3 is 15.5 Å². The third kappa shape index (κ3) is 4.63. The normalized spacial score (nSPS) is 17.9. The van der Waals surface area contributed by atoms with Gasteiger partial charge in [-0.2, -0.15) is 0 Å². The minimum absolute atomic E-state index is 0.0400. The molecule has 1 fully saturated rings. The fourth-order valence-corrected chi connectivity index (χ4v) is 4.64. The molecule has 0 saturated carbocycles. The number of fused-ring (bicyclic) bond motifs is 8. The van der Waals surface area contributed by atoms with E-state index in [0.717, 1.165) is 47.5 Å². The average Bonchev–Trinajstić information content (AvgIpc) is 3.30. The molecule has 1 atom stereocenters. The number of nitrogens with zero attached hydrogens (tertiary/aromatic N) is 4. The number of rotatable bonds is 1. The molecule has 6 bridgehead atoms. The standard InChI is InChI=1S/C26H28N6O2/c1-31(2)25(34)20-12-18-13-21(14-20)29-26-27-9-8-22(30-26)19-6-3-5-17(11-19)15-28-24(33)23-7-4-10-32(23)16-18/h3,5-6,8-9,11-14,23H,4,7,10,15-16H2,1-2H3,(H,28,33)(H,27,29,30)/t23-/m0/s1. The van der Waals surface area contributed by atoms with Gasteiger partial charge in [0.05, 0.1) is 11.7 Å². The van der Waals surface area contributed by atoms with Crippen LogP contribution in [0.5, 0.6) is 0 Å². The van der Waals surface area contributed by atoms with Crippen molar-refractivity contribution in [2.75, 3.05) is 26.0 Å². The van der Waals surface area contributed by atoms with Crippen LogP contribution in [-0.4, -0.2) is 58.3 Å². The summed E-state index contributed by atoms with van der Waals surface area (Å²) in [4.78, 5) is 38.7. The molecule has 3 heterocycles. The Bertz CT molecular complexity index is 1240. The summed E-state index contributed by atoms with van der Waals surface area (Å²) in [5, 5.41) is 6.40. The molecule has 5 rings (SSSR count). The predicted octanol–water partition coefficient (Wildman–Crippen LogP) is 3.18. The first kappa shape index (κ1) is 22.0. The molecule has 1 saturated heterocycles. The van der Waals surface area contributed by atoms with Crippen LogP contribution in [0.1, 0.15) is 34.3 Å². The van der Waals surface area contributed by atoms with Gasteiger partial charge in [0.25, 0.3) is 5.91 Å². The van der Waals surface area contributed by atoms with Gasteiger partial charge in [-0.05, 0) is 60.8 Å². The Hall–Kier alpha value is -3.78. The van der Waals surface area contributed by atoms with Crippen molar-refractivity contribution in [1.82, 2.24) is 25.1 Å². The number of benzene rings is 2. The smallest absolute Gasteiger partial charge is 0.253 e. The van der Waals surface area contributed by atoms with E-state index in [1.807, 2.05) is 48.5 Å². The molecule has 3 aromatic rings. The highest BCUT2D eigenvalue weighted by molar-refractivity contribution is 5.95. The van der Waals surface area contributed by atoms with Gasteiger partial charge in [0.2, 0.25) is 11.9 Å². The van der Waals surface area contributed by atoms with E-state index in [9.17, 15) is 9.59 Å². The van der Waals surface area contributed by atoms with Crippen molar-refractivity contribution in [3.63, 3.8) is 0 Å². The van der Waals surface area contributed by atoms with Crippen molar-refractivity contribution in [3.05, 3.63) is 71.4 Å². The van der Waals surface area contributed by atoms with Gasteiger partial charge in [0.1, 0.15) is 0 Å². The second-order valence-electron chi connectivity index (χ2n) is 9.06. The highest BCUT2D eigenvalue weighted by Gasteiger charge is 2.30. The molecule has 0 unspecified atom stereocenters. The number of nitrogens with one attached hydrogen (secondary N) is 2. The number of hydrogen-bond donors (Lipinski definition) is 2. The molecule has 0 aliphatic carbocycles. The zero-order valence-corrected chi connectivity index (χ0v) is 19.4. The van der Waals surface area contributed by atoms with Crippen molar-refractivity contribution >= 4 is 23.5 Å². The van der Waals surface area contributed by atoms with Crippen LogP contribution in [0.2, 0.25) is 0 Å². The molecule has 8 nitrogen and oxygen atoms in total. The number of hydrogen-bond acceptors (Lipinski definition) is 6. The van der Waals surface area contributed by atoms with Crippen molar-refractivity contribution < 1.29 is 9.59 Å². The zero-order chi connectivity index (χ0) is 23.7. The Kier molecular flexibility index (Phi) is 5.98. The maximum atomic E-state index is 13.1. The van der Waals surface area contributed by atoms with Crippen LogP contribution in [0, 0.1) is 0 Å². The van der Waals surface area contributed by atoms with Crippen molar-refractivity contribution in [3.8, 4) is 11.3 Å². The monoisotopic (exact) mass is 456 g/mol. The number of carbonyl (C=O) groups excluding carboxylic acids is 2. The summed E-state index contributed by atoms with van der Waals surface area (Å²) in [6.07, 6.45) is 3.51. The molecule has 1 aromatic heterocycles. The lowest BCUT2D eigenvalue weighted by Gasteiger charge is -2.24. The lowest BCUT2D eigenvalue weighted by Crippen LogP contribution is -2.42. The molecule has 2 aliphatic rings. The largest absolute Gasteiger partial charge is 0.351 e. The van der Waals surface area contributed by atoms with Crippen LogP contribution >= 0.6 is 0 Å². The zero-order valence-electron chi connectivity index (χ0n) is 19.4. The van der Waals surface area contributed by atoms with Gasteiger partial charge in [0, 0.05) is 50.2 Å². The Morgan fingerprint density at radius 1 is 1.12 bits per heavy atom. The Labute approximate surface area is 199 Å². The van der Waals surface area contributed by atoms with E-state index in [1.165, 1.54) is 0 Å². The average molecular weight is 457 g/mol. The van der Waals surface area contributed by atoms with Gasteiger partial charge >= 0.3 is 0 Å². The summed E-state index contributed by atoms with van der Waals surface area (Å²) in [5.41, 5.74) is 5.02. The maximum absolute atomic E-state index is 13.1. The topological polar surface area (TPSA) is 90.5 Å². The van der Waals surface area contributed by atoms with E-state index in [4.69, 9.17) is 4.98 Å². The molecule has 0 spiro atoms. The maximum Gasteiger partial charge on any atom is 0.253 e. The first-order valence-corrected chi connectivity index (χ1v) is 11.5. The van der Waals surface area contributed by atoms with Gasteiger partial charge in [0.15, 0.2) is 0 Å². The van der Waals surface area contributed by atoms with E-state index >= 15 is 0 Å². The summed E-state index contributed by atoms with van der Waals surface area (Å²) < 4.78 is 0. The third-order valence-electron chi connectivity index (χ3n) is 6.30. The molecule has 34 heavy (non-hydrogen) atoms. The highest BCUT2D eigenvalue weighted by Crippen LogP contribution is 2.26. The fourth-order valence-electron chi connectivity index (χ4n) is 4.64. The van der Waals surface area contributed by atoms with Crippen LogP contribution in [0.4, 0.5) is 11.6 Å². The summed E-state index contributed by atoms with van der Waals surface area (Å²) in [6, 6.07) is 15.4. The Balaban J connectivity index is 1.60. The minimum Gasteiger partial charge on any atom is -0.351 e. The van der Waals surface area contributed by atoms with E-state index in [1.54, 1.807) is 25.2 Å². The van der Waals surface area contributed by atoms with Gasteiger partial charge in [-0.1, -0.05) is 18.2 Å². The van der Waals surface area contributed by atoms with Gasteiger partial charge in [-0.3, -0.25) is 14.5 Å². The third-order valence-corrected chi connectivity index (χ3v) is 6.30. The summed E-state index contributed by atoms with van der Waals surface area (Å²) >= 11 is 0. The predicted molar refractivity (Wildman–Crippen MR) is 130 cm³/mol. The van der Waals surface area contributed by atoms with Crippen molar-refractivity contribution in [2.45, 2.75) is 32.0 Å². The highest BCUT2D eigenvalue weighted by atomic mass is 16.2. The van der Waals surface area contributed by atoms with Crippen LogP contribution in [0.3, 0.4) is 0 Å². The van der Waals surface area contributed by atoms with Crippen LogP contribution in [0.15, 0.2) is 54.7 Å². The SMILES string of the molecule is CN(C)C(=O)c1cc2cc(c1)Nc1nccc(n1)-c1cccc(c1)CNC(=O)[C@@H]1CCCN1C2. The van der Waals surface area contributed by atoms with Crippen molar-refractivity contribution in [1.29, 1.82) is 0 Å². The molecular weight excluding hydrogens is 428 g/mol. The second-order valence-corrected chi connectivity index (χ2v) is 9.06. The fraction of sp³-hybridized carbons (Fsp3) is 0.308. The van der Waals surface area contributed by atoms with Crippen LogP contribution in [-0.2, 0) is 17.9 Å². The van der Waals surface area contributed by atoms with Crippen molar-refractivity contribution in [2.24, 2.45) is 0 Å². The molecule has 2 amide bonds. The first-order chi connectivity index (χ1) is 16.5. The quantitative estimate of drug-likeness (QED) is 0.585. The summed E-state index contributed by atoms with van der Waals surface area (Å²) in [7, 11) is 3.48. The van der Waals surface area contributed by atoms with Gasteiger partial charge in [-0.15, -0.1) is 0 Å². The molecule has 8 heteroatoms. The Morgan fingerprint density at radius 2 is 2.00 bits per heavy atom. The van der Waals surface area contributed by atoms with Crippen LogP contribution in [0.25, 0.3) is 11.3 Å². The number of amides is 2. The first-order valence-electron chi connectivity index (χ1n) is 11.5. The second kappa shape index (κ2) is 9.23. The molecular formula is C26H28N6O2. The molecule has 0 radical (unpaired) electrons. The van der Waals surface area contributed by atoms with Crippen LogP contribution < -0.4 is 10.6 Å². The minimum atomic E-state index is -0.184. The molecule has 174 valence electrons. The van der Waals surface area contributed by atoms with E-state index in [-0.39, 0.29) is 17.9 Å². The number of aromatic nitrogens is 2. The molecule has 2 aromatic carbocycles. The molecule has 2 aliphatic heterocycles. The lowest BCUT2D eigenvalue weighted by atomic mass is 10.1. The summed E-state index contributed by atoms with van der Waals surface area (Å²) in [5.74, 6) is 0.419. The number of anilines is 2. The van der Waals surface area contributed by atoms with E-state index in [0.29, 0.717) is 24.6 Å². The lowest BCUT2D eigenvalue weighted by molar-refractivity contribution is -0.125. The Morgan fingerprint density at radius 3 is 2.85 bits per heavy atom. The van der Waals surface area contributed by atoms with E-state index < -0.39 is 0 Å². The number of carbonyl (C=O) groups is 2. The molecule has 2 N–H and O–H groups in total.